The first kappa shape index (κ1) is 20.0. The largest absolute Gasteiger partial charge is 0.478 e. The predicted molar refractivity (Wildman–Crippen MR) is 103 cm³/mol. The molecule has 1 atom stereocenters. The molecule has 2 aliphatic heterocycles. The average Bonchev–Trinajstić information content (AvgIpc) is 2.70. The summed E-state index contributed by atoms with van der Waals surface area (Å²) in [5, 5.41) is 2.99. The third-order valence-electron chi connectivity index (χ3n) is 5.03. The van der Waals surface area contributed by atoms with Crippen LogP contribution in [0.5, 0.6) is 5.75 Å². The summed E-state index contributed by atoms with van der Waals surface area (Å²) in [5.41, 5.74) is 0.615. The molecule has 1 aromatic rings. The van der Waals surface area contributed by atoms with Gasteiger partial charge in [-0.15, -0.1) is 0 Å². The van der Waals surface area contributed by atoms with E-state index in [0.29, 0.717) is 50.4 Å². The molecule has 152 valence electrons. The first-order valence-corrected chi connectivity index (χ1v) is 9.81. The van der Waals surface area contributed by atoms with Gasteiger partial charge >= 0.3 is 6.09 Å². The number of nitrogens with one attached hydrogen (secondary N) is 1. The number of rotatable bonds is 5. The molecule has 0 aliphatic carbocycles. The summed E-state index contributed by atoms with van der Waals surface area (Å²) in [4.78, 5) is 40.2. The molecule has 0 radical (unpaired) electrons. The highest BCUT2D eigenvalue weighted by Crippen LogP contribution is 2.34. The molecule has 2 heterocycles. The van der Waals surface area contributed by atoms with Gasteiger partial charge in [-0.1, -0.05) is 19.1 Å². The summed E-state index contributed by atoms with van der Waals surface area (Å²) in [6, 6.07) is 7.23. The fraction of sp³-hybridized carbons (Fsp3) is 0.550. The zero-order valence-corrected chi connectivity index (χ0v) is 16.3. The van der Waals surface area contributed by atoms with Crippen molar-refractivity contribution in [1.82, 2.24) is 10.2 Å². The van der Waals surface area contributed by atoms with Crippen molar-refractivity contribution >= 4 is 23.6 Å². The predicted octanol–water partition coefficient (Wildman–Crippen LogP) is 1.93. The number of nitrogens with zero attached hydrogens (tertiary/aromatic N) is 2. The van der Waals surface area contributed by atoms with Crippen LogP contribution >= 0.6 is 0 Å². The molecule has 3 amide bonds. The Hall–Kier alpha value is -2.77. The highest BCUT2D eigenvalue weighted by Gasteiger charge is 2.34. The number of anilines is 1. The molecule has 0 saturated carbocycles. The molecule has 1 aromatic carbocycles. The maximum atomic E-state index is 12.7. The van der Waals surface area contributed by atoms with E-state index in [1.54, 1.807) is 24.0 Å². The number of benzene rings is 1. The summed E-state index contributed by atoms with van der Waals surface area (Å²) in [5.74, 6) is 0.201. The van der Waals surface area contributed by atoms with E-state index in [4.69, 9.17) is 9.47 Å². The van der Waals surface area contributed by atoms with Crippen LogP contribution in [0.2, 0.25) is 0 Å². The molecule has 0 spiro atoms. The second kappa shape index (κ2) is 8.95. The third-order valence-corrected chi connectivity index (χ3v) is 5.03. The van der Waals surface area contributed by atoms with Crippen molar-refractivity contribution in [3.8, 4) is 5.75 Å². The third kappa shape index (κ3) is 4.37. The molecule has 8 heteroatoms. The van der Waals surface area contributed by atoms with Crippen molar-refractivity contribution in [1.29, 1.82) is 0 Å². The van der Waals surface area contributed by atoms with Crippen LogP contribution in [0.3, 0.4) is 0 Å². The van der Waals surface area contributed by atoms with Crippen LogP contribution in [0.15, 0.2) is 24.3 Å². The highest BCUT2D eigenvalue weighted by molar-refractivity contribution is 6.03. The highest BCUT2D eigenvalue weighted by atomic mass is 16.6. The second-order valence-electron chi connectivity index (χ2n) is 6.93. The Bertz CT molecular complexity index is 730. The molecular weight excluding hydrogens is 362 g/mol. The van der Waals surface area contributed by atoms with Gasteiger partial charge in [-0.2, -0.15) is 0 Å². The van der Waals surface area contributed by atoms with E-state index >= 15 is 0 Å². The number of carbonyl (C=O) groups excluding carboxylic acids is 3. The Labute approximate surface area is 164 Å². The number of amides is 3. The average molecular weight is 389 g/mol. The van der Waals surface area contributed by atoms with Crippen molar-refractivity contribution in [3.05, 3.63) is 24.3 Å². The fourth-order valence-corrected chi connectivity index (χ4v) is 3.54. The standard InChI is InChI=1S/C20H27N3O5/c1-3-16-19(25)23(15-7-5-6-8-17(15)28-16)13-18(24)21-14-9-11-22(12-10-14)20(26)27-4-2/h5-8,14,16H,3-4,9-13H2,1-2H3,(H,21,24)/t16-/m0/s1. The molecule has 0 aromatic heterocycles. The van der Waals surface area contributed by atoms with Gasteiger partial charge in [-0.3, -0.25) is 14.5 Å². The van der Waals surface area contributed by atoms with E-state index in [0.717, 1.165) is 0 Å². The van der Waals surface area contributed by atoms with E-state index in [9.17, 15) is 14.4 Å². The Balaban J connectivity index is 1.58. The van der Waals surface area contributed by atoms with Crippen LogP contribution in [0.4, 0.5) is 10.5 Å². The quantitative estimate of drug-likeness (QED) is 0.831. The van der Waals surface area contributed by atoms with Gasteiger partial charge in [0.05, 0.1) is 12.3 Å². The molecule has 3 rings (SSSR count). The van der Waals surface area contributed by atoms with E-state index < -0.39 is 6.10 Å². The van der Waals surface area contributed by atoms with Gasteiger partial charge in [-0.05, 0) is 38.3 Å². The molecule has 1 fully saturated rings. The number of hydrogen-bond donors (Lipinski definition) is 1. The zero-order chi connectivity index (χ0) is 20.1. The first-order chi connectivity index (χ1) is 13.5. The van der Waals surface area contributed by atoms with Gasteiger partial charge in [0.2, 0.25) is 5.91 Å². The number of carbonyl (C=O) groups is 3. The molecular formula is C20H27N3O5. The van der Waals surface area contributed by atoms with Gasteiger partial charge in [0.15, 0.2) is 6.10 Å². The van der Waals surface area contributed by atoms with E-state index in [-0.39, 0.29) is 30.5 Å². The van der Waals surface area contributed by atoms with E-state index in [2.05, 4.69) is 5.32 Å². The summed E-state index contributed by atoms with van der Waals surface area (Å²) in [6.07, 6.45) is 0.979. The number of para-hydroxylation sites is 2. The Morgan fingerprint density at radius 3 is 2.61 bits per heavy atom. The monoisotopic (exact) mass is 389 g/mol. The van der Waals surface area contributed by atoms with Crippen molar-refractivity contribution in [2.24, 2.45) is 0 Å². The van der Waals surface area contributed by atoms with Crippen LogP contribution in [-0.4, -0.2) is 61.2 Å². The maximum absolute atomic E-state index is 12.7. The normalized spacial score (nSPS) is 19.6. The van der Waals surface area contributed by atoms with Gasteiger partial charge in [0.25, 0.3) is 5.91 Å². The minimum absolute atomic E-state index is 0.0217. The molecule has 2 aliphatic rings. The fourth-order valence-electron chi connectivity index (χ4n) is 3.54. The van der Waals surface area contributed by atoms with Crippen LogP contribution in [0.1, 0.15) is 33.1 Å². The summed E-state index contributed by atoms with van der Waals surface area (Å²) in [6.45, 7) is 5.05. The maximum Gasteiger partial charge on any atom is 0.409 e. The minimum atomic E-state index is -0.574. The first-order valence-electron chi connectivity index (χ1n) is 9.81. The van der Waals surface area contributed by atoms with Crippen LogP contribution in [0.25, 0.3) is 0 Å². The minimum Gasteiger partial charge on any atom is -0.478 e. The topological polar surface area (TPSA) is 88.2 Å². The number of piperidine rings is 1. The smallest absolute Gasteiger partial charge is 0.409 e. The zero-order valence-electron chi connectivity index (χ0n) is 16.3. The van der Waals surface area contributed by atoms with Crippen LogP contribution in [0, 0.1) is 0 Å². The molecule has 1 N–H and O–H groups in total. The Morgan fingerprint density at radius 2 is 1.93 bits per heavy atom. The second-order valence-corrected chi connectivity index (χ2v) is 6.93. The van der Waals surface area contributed by atoms with Crippen molar-refractivity contribution in [2.45, 2.75) is 45.3 Å². The van der Waals surface area contributed by atoms with Gasteiger partial charge in [0, 0.05) is 19.1 Å². The number of hydrogen-bond acceptors (Lipinski definition) is 5. The van der Waals surface area contributed by atoms with Crippen molar-refractivity contribution in [3.63, 3.8) is 0 Å². The Kier molecular flexibility index (Phi) is 6.38. The van der Waals surface area contributed by atoms with Crippen LogP contribution in [-0.2, 0) is 14.3 Å². The van der Waals surface area contributed by atoms with E-state index in [1.807, 2.05) is 19.1 Å². The molecule has 8 nitrogen and oxygen atoms in total. The lowest BCUT2D eigenvalue weighted by Gasteiger charge is -2.35. The van der Waals surface area contributed by atoms with Gasteiger partial charge in [0.1, 0.15) is 12.3 Å². The van der Waals surface area contributed by atoms with E-state index in [1.165, 1.54) is 4.90 Å². The molecule has 1 saturated heterocycles. The summed E-state index contributed by atoms with van der Waals surface area (Å²) < 4.78 is 10.7. The lowest BCUT2D eigenvalue weighted by Crippen LogP contribution is -2.52. The Morgan fingerprint density at radius 1 is 1.21 bits per heavy atom. The summed E-state index contributed by atoms with van der Waals surface area (Å²) in [7, 11) is 0. The lowest BCUT2D eigenvalue weighted by atomic mass is 10.1. The van der Waals surface area contributed by atoms with Gasteiger partial charge in [-0.25, -0.2) is 4.79 Å². The van der Waals surface area contributed by atoms with Crippen LogP contribution < -0.4 is 15.0 Å². The van der Waals surface area contributed by atoms with Gasteiger partial charge < -0.3 is 19.7 Å². The number of fused-ring (bicyclic) bond motifs is 1. The lowest BCUT2D eigenvalue weighted by molar-refractivity contribution is -0.129. The SMILES string of the molecule is CCOC(=O)N1CCC(NC(=O)CN2C(=O)[C@H](CC)Oc3ccccc32)CC1. The molecule has 0 unspecified atom stereocenters. The molecule has 0 bridgehead atoms. The number of ether oxygens (including phenoxy) is 2. The van der Waals surface area contributed by atoms with Crippen molar-refractivity contribution < 1.29 is 23.9 Å². The number of likely N-dealkylation sites (tertiary alicyclic amines) is 1. The molecule has 28 heavy (non-hydrogen) atoms. The van der Waals surface area contributed by atoms with Crippen molar-refractivity contribution in [2.75, 3.05) is 31.1 Å². The summed E-state index contributed by atoms with van der Waals surface area (Å²) >= 11 is 0.